The fourth-order valence-electron chi connectivity index (χ4n) is 1.57. The number of rotatable bonds is 3. The van der Waals surface area contributed by atoms with Gasteiger partial charge in [0.25, 0.3) is 0 Å². The Morgan fingerprint density at radius 3 is 1.81 bits per heavy atom. The average Bonchev–Trinajstić information content (AvgIpc) is 2.48. The van der Waals surface area contributed by atoms with Crippen LogP contribution >= 0.6 is 11.6 Å². The molecule has 110 valence electrons. The first-order valence-corrected chi connectivity index (χ1v) is 6.05. The van der Waals surface area contributed by atoms with E-state index in [9.17, 15) is 22.0 Å². The lowest BCUT2D eigenvalue weighted by Crippen LogP contribution is -2.06. The van der Waals surface area contributed by atoms with Crippen LogP contribution in [0.2, 0.25) is 5.02 Å². The van der Waals surface area contributed by atoms with Gasteiger partial charge in [-0.3, -0.25) is 4.99 Å². The predicted octanol–water partition coefficient (Wildman–Crippen LogP) is 4.65. The monoisotopic (exact) mass is 319 g/mol. The summed E-state index contributed by atoms with van der Waals surface area (Å²) < 4.78 is 65.5. The summed E-state index contributed by atoms with van der Waals surface area (Å²) >= 11 is 5.68. The Kier molecular flexibility index (Phi) is 4.57. The molecule has 0 atom stereocenters. The molecule has 0 spiro atoms. The zero-order chi connectivity index (χ0) is 15.6. The largest absolute Gasteiger partial charge is 0.288 e. The first kappa shape index (κ1) is 15.4. The molecule has 0 bridgehead atoms. The quantitative estimate of drug-likeness (QED) is 0.338. The van der Waals surface area contributed by atoms with E-state index in [-0.39, 0.29) is 6.54 Å². The summed E-state index contributed by atoms with van der Waals surface area (Å²) in [4.78, 5) is 3.67. The second-order valence-electron chi connectivity index (χ2n) is 4.08. The van der Waals surface area contributed by atoms with Crippen molar-refractivity contribution in [1.82, 2.24) is 0 Å². The summed E-state index contributed by atoms with van der Waals surface area (Å²) in [6.45, 7) is 0.0106. The van der Waals surface area contributed by atoms with Gasteiger partial charge in [-0.25, -0.2) is 22.0 Å². The third-order valence-electron chi connectivity index (χ3n) is 2.65. The SMILES string of the molecule is Fc1c(F)c(F)c(C=NCc2ccc(Cl)cc2)c(F)c1F. The lowest BCUT2D eigenvalue weighted by molar-refractivity contribution is 0.377. The van der Waals surface area contributed by atoms with E-state index in [1.54, 1.807) is 24.3 Å². The number of aliphatic imine (C=N–C) groups is 1. The lowest BCUT2D eigenvalue weighted by atomic mass is 10.2. The van der Waals surface area contributed by atoms with Crippen LogP contribution < -0.4 is 0 Å². The van der Waals surface area contributed by atoms with Crippen LogP contribution in [0.25, 0.3) is 0 Å². The van der Waals surface area contributed by atoms with Crippen LogP contribution in [-0.4, -0.2) is 6.21 Å². The van der Waals surface area contributed by atoms with E-state index in [1.165, 1.54) is 0 Å². The van der Waals surface area contributed by atoms with Gasteiger partial charge >= 0.3 is 0 Å². The van der Waals surface area contributed by atoms with Crippen LogP contribution in [0.1, 0.15) is 11.1 Å². The van der Waals surface area contributed by atoms with E-state index in [0.717, 1.165) is 0 Å². The maximum Gasteiger partial charge on any atom is 0.200 e. The predicted molar refractivity (Wildman–Crippen MR) is 69.0 cm³/mol. The van der Waals surface area contributed by atoms with Gasteiger partial charge in [-0.15, -0.1) is 0 Å². The Bertz CT molecular complexity index is 668. The molecule has 0 saturated carbocycles. The van der Waals surface area contributed by atoms with Crippen molar-refractivity contribution in [3.8, 4) is 0 Å². The molecule has 0 aliphatic rings. The molecular formula is C14H7ClF5N. The number of nitrogens with zero attached hydrogens (tertiary/aromatic N) is 1. The molecule has 0 aliphatic carbocycles. The van der Waals surface area contributed by atoms with E-state index in [2.05, 4.69) is 4.99 Å². The molecule has 2 rings (SSSR count). The number of halogens is 6. The van der Waals surface area contributed by atoms with Gasteiger partial charge < -0.3 is 0 Å². The van der Waals surface area contributed by atoms with E-state index < -0.39 is 34.6 Å². The molecule has 0 aliphatic heterocycles. The van der Waals surface area contributed by atoms with Crippen molar-refractivity contribution >= 4 is 17.8 Å². The Morgan fingerprint density at radius 1 is 0.810 bits per heavy atom. The van der Waals surface area contributed by atoms with E-state index >= 15 is 0 Å². The second kappa shape index (κ2) is 6.22. The maximum atomic E-state index is 13.4. The van der Waals surface area contributed by atoms with E-state index in [1.807, 2.05) is 0 Å². The number of benzene rings is 2. The average molecular weight is 320 g/mol. The summed E-state index contributed by atoms with van der Waals surface area (Å²) in [6.07, 6.45) is 0.616. The van der Waals surface area contributed by atoms with Gasteiger partial charge in [0, 0.05) is 11.2 Å². The van der Waals surface area contributed by atoms with Gasteiger partial charge in [0.2, 0.25) is 5.82 Å². The van der Waals surface area contributed by atoms with Crippen molar-refractivity contribution < 1.29 is 22.0 Å². The van der Waals surface area contributed by atoms with Crippen molar-refractivity contribution in [1.29, 1.82) is 0 Å². The fraction of sp³-hybridized carbons (Fsp3) is 0.0714. The third kappa shape index (κ3) is 3.21. The normalized spacial score (nSPS) is 11.3. The van der Waals surface area contributed by atoms with Crippen LogP contribution in [0.5, 0.6) is 0 Å². The third-order valence-corrected chi connectivity index (χ3v) is 2.90. The molecule has 0 heterocycles. The van der Waals surface area contributed by atoms with E-state index in [4.69, 9.17) is 11.6 Å². The topological polar surface area (TPSA) is 12.4 Å². The molecule has 0 N–H and O–H groups in total. The van der Waals surface area contributed by atoms with Crippen LogP contribution in [0.4, 0.5) is 22.0 Å². The zero-order valence-electron chi connectivity index (χ0n) is 10.3. The first-order valence-electron chi connectivity index (χ1n) is 5.67. The molecule has 7 heteroatoms. The van der Waals surface area contributed by atoms with Crippen molar-refractivity contribution in [2.45, 2.75) is 6.54 Å². The molecule has 2 aromatic rings. The minimum Gasteiger partial charge on any atom is -0.288 e. The Morgan fingerprint density at radius 2 is 1.29 bits per heavy atom. The zero-order valence-corrected chi connectivity index (χ0v) is 11.1. The Hall–Kier alpha value is -1.95. The number of hydrogen-bond donors (Lipinski definition) is 0. The highest BCUT2D eigenvalue weighted by Crippen LogP contribution is 2.21. The van der Waals surface area contributed by atoms with Crippen molar-refractivity contribution in [3.05, 3.63) is 69.5 Å². The van der Waals surface area contributed by atoms with Crippen molar-refractivity contribution in [2.24, 2.45) is 4.99 Å². The summed E-state index contributed by atoms with van der Waals surface area (Å²) in [6, 6.07) is 6.42. The molecular weight excluding hydrogens is 313 g/mol. The minimum atomic E-state index is -2.19. The standard InChI is InChI=1S/C14H7ClF5N/c15-8-3-1-7(2-4-8)5-21-6-9-10(16)12(18)14(20)13(19)11(9)17/h1-4,6H,5H2. The first-order chi connectivity index (χ1) is 9.91. The van der Waals surface area contributed by atoms with Gasteiger partial charge in [0.15, 0.2) is 23.3 Å². The van der Waals surface area contributed by atoms with Gasteiger partial charge in [0.05, 0.1) is 12.1 Å². The molecule has 0 fully saturated rings. The van der Waals surface area contributed by atoms with Crippen molar-refractivity contribution in [3.63, 3.8) is 0 Å². The molecule has 1 nitrogen and oxygen atoms in total. The van der Waals surface area contributed by atoms with Gasteiger partial charge in [-0.2, -0.15) is 0 Å². The van der Waals surface area contributed by atoms with Crippen LogP contribution in [0.3, 0.4) is 0 Å². The van der Waals surface area contributed by atoms with E-state index in [0.29, 0.717) is 16.8 Å². The molecule has 0 amide bonds. The molecule has 0 saturated heterocycles. The van der Waals surface area contributed by atoms with Crippen LogP contribution in [0.15, 0.2) is 29.3 Å². The molecule has 0 unspecified atom stereocenters. The summed E-state index contributed by atoms with van der Waals surface area (Å²) in [5.74, 6) is -10.0. The van der Waals surface area contributed by atoms with Gasteiger partial charge in [0.1, 0.15) is 0 Å². The fourth-order valence-corrected chi connectivity index (χ4v) is 1.69. The highest BCUT2D eigenvalue weighted by Gasteiger charge is 2.24. The smallest absolute Gasteiger partial charge is 0.200 e. The minimum absolute atomic E-state index is 0.0106. The summed E-state index contributed by atoms with van der Waals surface area (Å²) in [7, 11) is 0. The molecule has 2 aromatic carbocycles. The maximum absolute atomic E-state index is 13.4. The highest BCUT2D eigenvalue weighted by atomic mass is 35.5. The van der Waals surface area contributed by atoms with Crippen molar-refractivity contribution in [2.75, 3.05) is 0 Å². The molecule has 0 aromatic heterocycles. The number of hydrogen-bond acceptors (Lipinski definition) is 1. The van der Waals surface area contributed by atoms with Gasteiger partial charge in [-0.05, 0) is 17.7 Å². The highest BCUT2D eigenvalue weighted by molar-refractivity contribution is 6.30. The second-order valence-corrected chi connectivity index (χ2v) is 4.52. The summed E-state index contributed by atoms with van der Waals surface area (Å²) in [5.41, 5.74) is -0.403. The molecule has 21 heavy (non-hydrogen) atoms. The Labute approximate surface area is 121 Å². The lowest BCUT2D eigenvalue weighted by Gasteiger charge is -2.04. The van der Waals surface area contributed by atoms with Crippen LogP contribution in [-0.2, 0) is 6.54 Å². The van der Waals surface area contributed by atoms with Crippen LogP contribution in [0, 0.1) is 29.1 Å². The molecule has 0 radical (unpaired) electrons. The Balaban J connectivity index is 2.27. The summed E-state index contributed by atoms with van der Waals surface area (Å²) in [5, 5.41) is 0.502. The van der Waals surface area contributed by atoms with Gasteiger partial charge in [-0.1, -0.05) is 23.7 Å².